The Bertz CT molecular complexity index is 1080. The predicted molar refractivity (Wildman–Crippen MR) is 121 cm³/mol. The van der Waals surface area contributed by atoms with Gasteiger partial charge in [0.15, 0.2) is 0 Å². The standard InChI is InChI=1S/C25H26FN3O5/c1-16-11-13-25(14-12-16)23(32)29(24(33)28-25)15-20(30)34-21(17-5-3-2-4-6-17)22(31)27-19-9-7-18(26)8-10-19/h2-10,16,21H,11-15H2,1H3,(H,27,31)(H,28,33). The summed E-state index contributed by atoms with van der Waals surface area (Å²) in [5, 5.41) is 5.35. The van der Waals surface area contributed by atoms with Crippen molar-refractivity contribution < 1.29 is 28.3 Å². The van der Waals surface area contributed by atoms with E-state index in [0.29, 0.717) is 30.0 Å². The van der Waals surface area contributed by atoms with Crippen molar-refractivity contribution in [1.29, 1.82) is 0 Å². The van der Waals surface area contributed by atoms with Gasteiger partial charge in [-0.3, -0.25) is 19.3 Å². The maximum atomic E-state index is 13.2. The number of esters is 1. The van der Waals surface area contributed by atoms with E-state index in [4.69, 9.17) is 4.74 Å². The molecule has 0 radical (unpaired) electrons. The van der Waals surface area contributed by atoms with Crippen LogP contribution in [0.15, 0.2) is 54.6 Å². The summed E-state index contributed by atoms with van der Waals surface area (Å²) in [6.07, 6.45) is 1.34. The van der Waals surface area contributed by atoms with Crippen LogP contribution in [0.4, 0.5) is 14.9 Å². The van der Waals surface area contributed by atoms with Gasteiger partial charge in [0.1, 0.15) is 17.9 Å². The van der Waals surface area contributed by atoms with E-state index in [1.807, 2.05) is 0 Å². The van der Waals surface area contributed by atoms with Gasteiger partial charge in [-0.15, -0.1) is 0 Å². The zero-order valence-electron chi connectivity index (χ0n) is 18.8. The van der Waals surface area contributed by atoms with Crippen LogP contribution >= 0.6 is 0 Å². The number of imide groups is 1. The lowest BCUT2D eigenvalue weighted by Gasteiger charge is -2.33. The number of halogens is 1. The fourth-order valence-corrected chi connectivity index (χ4v) is 4.35. The summed E-state index contributed by atoms with van der Waals surface area (Å²) in [5.41, 5.74) is -0.237. The molecular weight excluding hydrogens is 441 g/mol. The summed E-state index contributed by atoms with van der Waals surface area (Å²) in [4.78, 5) is 52.1. The van der Waals surface area contributed by atoms with Gasteiger partial charge in [-0.2, -0.15) is 0 Å². The summed E-state index contributed by atoms with van der Waals surface area (Å²) in [6.45, 7) is 1.50. The van der Waals surface area contributed by atoms with Crippen molar-refractivity contribution in [2.75, 3.05) is 11.9 Å². The van der Waals surface area contributed by atoms with Crippen molar-refractivity contribution in [3.8, 4) is 0 Å². The molecule has 34 heavy (non-hydrogen) atoms. The van der Waals surface area contributed by atoms with Crippen LogP contribution in [0.5, 0.6) is 0 Å². The molecule has 4 rings (SSSR count). The Balaban J connectivity index is 1.46. The number of hydrogen-bond acceptors (Lipinski definition) is 5. The number of ether oxygens (including phenoxy) is 1. The molecular formula is C25H26FN3O5. The summed E-state index contributed by atoms with van der Waals surface area (Å²) >= 11 is 0. The summed E-state index contributed by atoms with van der Waals surface area (Å²) < 4.78 is 18.6. The second kappa shape index (κ2) is 9.62. The van der Waals surface area contributed by atoms with Crippen LogP contribution in [0.25, 0.3) is 0 Å². The molecule has 178 valence electrons. The van der Waals surface area contributed by atoms with E-state index in [-0.39, 0.29) is 0 Å². The minimum absolute atomic E-state index is 0.325. The first kappa shape index (κ1) is 23.4. The number of rotatable bonds is 6. The molecule has 2 aromatic carbocycles. The van der Waals surface area contributed by atoms with Gasteiger partial charge in [0.2, 0.25) is 6.10 Å². The minimum Gasteiger partial charge on any atom is -0.446 e. The van der Waals surface area contributed by atoms with Gasteiger partial charge in [-0.25, -0.2) is 9.18 Å². The molecule has 1 spiro atoms. The van der Waals surface area contributed by atoms with E-state index in [1.54, 1.807) is 30.3 Å². The van der Waals surface area contributed by atoms with Crippen LogP contribution < -0.4 is 10.6 Å². The number of amides is 4. The Kier molecular flexibility index (Phi) is 6.63. The first-order valence-electron chi connectivity index (χ1n) is 11.2. The molecule has 1 saturated heterocycles. The molecule has 1 atom stereocenters. The van der Waals surface area contributed by atoms with Crippen molar-refractivity contribution in [2.45, 2.75) is 44.2 Å². The van der Waals surface area contributed by atoms with Crippen molar-refractivity contribution in [1.82, 2.24) is 10.2 Å². The van der Waals surface area contributed by atoms with Crippen molar-refractivity contribution in [2.24, 2.45) is 5.92 Å². The Hall–Kier alpha value is -3.75. The van der Waals surface area contributed by atoms with E-state index >= 15 is 0 Å². The lowest BCUT2D eigenvalue weighted by atomic mass is 9.77. The van der Waals surface area contributed by atoms with Gasteiger partial charge in [0.05, 0.1) is 0 Å². The molecule has 2 N–H and O–H groups in total. The van der Waals surface area contributed by atoms with Gasteiger partial charge in [-0.05, 0) is 55.9 Å². The zero-order chi connectivity index (χ0) is 24.3. The van der Waals surface area contributed by atoms with Crippen LogP contribution in [0.1, 0.15) is 44.3 Å². The largest absolute Gasteiger partial charge is 0.446 e. The number of urea groups is 1. The van der Waals surface area contributed by atoms with Gasteiger partial charge in [0.25, 0.3) is 11.8 Å². The molecule has 1 unspecified atom stereocenters. The normalized spacial score (nSPS) is 22.9. The highest BCUT2D eigenvalue weighted by molar-refractivity contribution is 6.09. The number of nitrogens with one attached hydrogen (secondary N) is 2. The van der Waals surface area contributed by atoms with Crippen LogP contribution in [-0.2, 0) is 19.1 Å². The number of nitrogens with zero attached hydrogens (tertiary/aromatic N) is 1. The smallest absolute Gasteiger partial charge is 0.327 e. The van der Waals surface area contributed by atoms with E-state index in [0.717, 1.165) is 17.7 Å². The summed E-state index contributed by atoms with van der Waals surface area (Å²) in [5.74, 6) is -1.97. The van der Waals surface area contributed by atoms with Crippen LogP contribution in [0, 0.1) is 11.7 Å². The topological polar surface area (TPSA) is 105 Å². The first-order chi connectivity index (χ1) is 16.3. The Morgan fingerprint density at radius 1 is 1.12 bits per heavy atom. The third-order valence-corrected chi connectivity index (χ3v) is 6.36. The number of anilines is 1. The highest BCUT2D eigenvalue weighted by Crippen LogP contribution is 2.36. The van der Waals surface area contributed by atoms with Gasteiger partial charge in [0, 0.05) is 11.3 Å². The Morgan fingerprint density at radius 3 is 2.41 bits per heavy atom. The minimum atomic E-state index is -1.33. The maximum Gasteiger partial charge on any atom is 0.327 e. The molecule has 9 heteroatoms. The monoisotopic (exact) mass is 467 g/mol. The van der Waals surface area contributed by atoms with Gasteiger partial charge >= 0.3 is 12.0 Å². The third kappa shape index (κ3) is 4.93. The number of benzene rings is 2. The number of carbonyl (C=O) groups excluding carboxylic acids is 4. The van der Waals surface area contributed by atoms with Crippen LogP contribution in [0.3, 0.4) is 0 Å². The van der Waals surface area contributed by atoms with E-state index in [2.05, 4.69) is 17.6 Å². The van der Waals surface area contributed by atoms with Crippen LogP contribution in [0.2, 0.25) is 0 Å². The molecule has 1 aliphatic carbocycles. The molecule has 2 aliphatic rings. The molecule has 1 aliphatic heterocycles. The first-order valence-corrected chi connectivity index (χ1v) is 11.2. The Labute approximate surface area is 196 Å². The van der Waals surface area contributed by atoms with E-state index in [1.165, 1.54) is 24.3 Å². The third-order valence-electron chi connectivity index (χ3n) is 6.36. The quantitative estimate of drug-likeness (QED) is 0.499. The molecule has 2 fully saturated rings. The zero-order valence-corrected chi connectivity index (χ0v) is 18.8. The molecule has 1 heterocycles. The molecule has 8 nitrogen and oxygen atoms in total. The number of carbonyl (C=O) groups is 4. The maximum absolute atomic E-state index is 13.2. The van der Waals surface area contributed by atoms with Crippen LogP contribution in [-0.4, -0.2) is 40.8 Å². The number of hydrogen-bond donors (Lipinski definition) is 2. The van der Waals surface area contributed by atoms with E-state index < -0.39 is 47.8 Å². The van der Waals surface area contributed by atoms with Crippen molar-refractivity contribution in [3.05, 3.63) is 66.0 Å². The molecule has 1 saturated carbocycles. The second-order valence-electron chi connectivity index (χ2n) is 8.86. The summed E-state index contributed by atoms with van der Waals surface area (Å²) in [7, 11) is 0. The highest BCUT2D eigenvalue weighted by Gasteiger charge is 2.52. The van der Waals surface area contributed by atoms with E-state index in [9.17, 15) is 23.6 Å². The molecule has 0 aromatic heterocycles. The lowest BCUT2D eigenvalue weighted by molar-refractivity contribution is -0.156. The predicted octanol–water partition coefficient (Wildman–Crippen LogP) is 3.55. The average molecular weight is 467 g/mol. The molecule has 0 bridgehead atoms. The fourth-order valence-electron chi connectivity index (χ4n) is 4.35. The Morgan fingerprint density at radius 2 is 1.76 bits per heavy atom. The molecule has 2 aromatic rings. The fraction of sp³-hybridized carbons (Fsp3) is 0.360. The van der Waals surface area contributed by atoms with Crippen molar-refractivity contribution in [3.63, 3.8) is 0 Å². The summed E-state index contributed by atoms with van der Waals surface area (Å²) in [6, 6.07) is 12.9. The highest BCUT2D eigenvalue weighted by atomic mass is 19.1. The SMILES string of the molecule is CC1CCC2(CC1)NC(=O)N(CC(=O)OC(C(=O)Nc1ccc(F)cc1)c1ccccc1)C2=O. The second-order valence-corrected chi connectivity index (χ2v) is 8.86. The van der Waals surface area contributed by atoms with Gasteiger partial charge in [-0.1, -0.05) is 37.3 Å². The van der Waals surface area contributed by atoms with Gasteiger partial charge < -0.3 is 15.4 Å². The lowest BCUT2D eigenvalue weighted by Crippen LogP contribution is -2.49. The average Bonchev–Trinajstić information content (AvgIpc) is 3.05. The van der Waals surface area contributed by atoms with Crippen molar-refractivity contribution >= 4 is 29.5 Å². The molecule has 4 amide bonds.